The van der Waals surface area contributed by atoms with E-state index in [0.717, 1.165) is 38.5 Å². The second-order valence-corrected chi connectivity index (χ2v) is 20.1. The largest absolute Gasteiger partial charge is 0.512 e. The molecule has 0 radical (unpaired) electrons. The van der Waals surface area contributed by atoms with Crippen molar-refractivity contribution < 1.29 is 24.5 Å². The van der Waals surface area contributed by atoms with E-state index in [1.165, 1.54) is 12.5 Å². The normalized spacial score (nSPS) is 42.4. The van der Waals surface area contributed by atoms with E-state index in [0.29, 0.717) is 48.6 Å². The molecule has 2 heterocycles. The second-order valence-electron chi connectivity index (χ2n) is 20.1. The smallest absolute Gasteiger partial charge is 0.270 e. The van der Waals surface area contributed by atoms with Crippen molar-refractivity contribution in [3.05, 3.63) is 23.5 Å². The number of likely N-dealkylation sites (N-methyl/N-ethyl adjacent to an activating group) is 1. The summed E-state index contributed by atoms with van der Waals surface area (Å²) in [6, 6.07) is -0.243. The number of tetrazole rings is 1. The van der Waals surface area contributed by atoms with Gasteiger partial charge in [0.15, 0.2) is 0 Å². The zero-order valence-electron chi connectivity index (χ0n) is 35.6. The number of hydrogen-bond donors (Lipinski definition) is 4. The highest BCUT2D eigenvalue weighted by Gasteiger charge is 2.73. The molecule has 1 aromatic heterocycles. The van der Waals surface area contributed by atoms with E-state index in [-0.39, 0.29) is 75.2 Å². The van der Waals surface area contributed by atoms with Gasteiger partial charge < -0.3 is 25.0 Å². The van der Waals surface area contributed by atoms with Crippen LogP contribution in [-0.2, 0) is 14.3 Å². The predicted molar refractivity (Wildman–Crippen MR) is 212 cm³/mol. The number of nitrogens with zero attached hydrogens (tertiary/aromatic N) is 4. The molecule has 1 saturated heterocycles. The van der Waals surface area contributed by atoms with Crippen LogP contribution in [0.1, 0.15) is 128 Å². The van der Waals surface area contributed by atoms with Crippen LogP contribution in [-0.4, -0.2) is 80.9 Å². The molecule has 4 fully saturated rings. The Morgan fingerprint density at radius 2 is 1.85 bits per heavy atom. The first-order chi connectivity index (χ1) is 25.2. The fourth-order valence-corrected chi connectivity index (χ4v) is 13.1. The van der Waals surface area contributed by atoms with Gasteiger partial charge in [0.2, 0.25) is 5.91 Å². The summed E-state index contributed by atoms with van der Waals surface area (Å²) < 4.78 is 14.2. The van der Waals surface area contributed by atoms with E-state index in [2.05, 4.69) is 103 Å². The number of anilines is 1. The van der Waals surface area contributed by atoms with Crippen molar-refractivity contribution in [2.75, 3.05) is 32.2 Å². The molecule has 0 aromatic carbocycles. The van der Waals surface area contributed by atoms with Crippen LogP contribution in [0.5, 0.6) is 0 Å². The van der Waals surface area contributed by atoms with Gasteiger partial charge in [0.1, 0.15) is 6.04 Å². The van der Waals surface area contributed by atoms with Crippen molar-refractivity contribution in [2.24, 2.45) is 62.6 Å². The van der Waals surface area contributed by atoms with Gasteiger partial charge in [-0.15, -0.1) is 5.10 Å². The molecule has 11 heteroatoms. The van der Waals surface area contributed by atoms with Crippen LogP contribution in [0.4, 0.5) is 5.95 Å². The number of carbonyl (C=O) groups excluding carboxylic acids is 1. The number of aliphatic hydroxyl groups excluding tert-OH is 2. The highest BCUT2D eigenvalue weighted by molar-refractivity contribution is 5.86. The molecule has 13 atom stereocenters. The maximum absolute atomic E-state index is 12.0. The first-order valence-corrected chi connectivity index (χ1v) is 20.9. The van der Waals surface area contributed by atoms with E-state index in [9.17, 15) is 15.0 Å². The molecular weight excluding hydrogens is 681 g/mol. The first kappa shape index (κ1) is 41.3. The summed E-state index contributed by atoms with van der Waals surface area (Å²) in [5.74, 6) is 2.04. The minimum absolute atomic E-state index is 0.0362. The highest BCUT2D eigenvalue weighted by Crippen LogP contribution is 2.76. The summed E-state index contributed by atoms with van der Waals surface area (Å²) in [7, 11) is 2.00. The van der Waals surface area contributed by atoms with Crippen LogP contribution in [0.3, 0.4) is 0 Å². The number of allylic oxidation sites excluding steroid dienone is 2. The molecule has 6 rings (SSSR count). The summed E-state index contributed by atoms with van der Waals surface area (Å²) in [6.07, 6.45) is 9.75. The number of aromatic nitrogens is 4. The number of fused-ring (bicyclic) bond motifs is 3. The Kier molecular flexibility index (Phi) is 10.9. The Labute approximate surface area is 324 Å². The van der Waals surface area contributed by atoms with Gasteiger partial charge in [-0.05, 0) is 117 Å². The summed E-state index contributed by atoms with van der Waals surface area (Å²) in [6.45, 7) is 28.0. The van der Waals surface area contributed by atoms with Crippen molar-refractivity contribution in [3.63, 3.8) is 0 Å². The van der Waals surface area contributed by atoms with Crippen LogP contribution in [0, 0.1) is 62.6 Å². The quantitative estimate of drug-likeness (QED) is 0.133. The Balaban J connectivity index is 1.49. The zero-order chi connectivity index (χ0) is 39.8. The second kappa shape index (κ2) is 14.2. The summed E-state index contributed by atoms with van der Waals surface area (Å²) >= 11 is 0. The van der Waals surface area contributed by atoms with Gasteiger partial charge in [-0.25, -0.2) is 0 Å². The molecule has 4 aliphatic carbocycles. The van der Waals surface area contributed by atoms with Gasteiger partial charge in [0.25, 0.3) is 5.95 Å². The Hall–Kier alpha value is -2.34. The van der Waals surface area contributed by atoms with Crippen molar-refractivity contribution in [2.45, 2.75) is 145 Å². The molecule has 0 spiro atoms. The number of amides is 1. The lowest BCUT2D eigenvalue weighted by atomic mass is 9.33. The van der Waals surface area contributed by atoms with E-state index in [4.69, 9.17) is 14.6 Å². The highest BCUT2D eigenvalue weighted by atomic mass is 16.5. The monoisotopic (exact) mass is 753 g/mol. The van der Waals surface area contributed by atoms with Gasteiger partial charge in [0.05, 0.1) is 37.8 Å². The van der Waals surface area contributed by atoms with Crippen LogP contribution < -0.4 is 10.6 Å². The molecule has 1 aliphatic heterocycles. The SMILES string of the molecule is CN[C@@](C)(CO[C@H]1[C@H](n2nnc(NC(C)=O)n2)C[C@]23C4=CC[C@@]5(C)[C@H](/C(O)=C/CO)[C@@](C)([C@H](C)C(C)C)CC[C@]5(C)[C@H]4CC[C@H]2[C@@]1(C)CO[C@H]3C)C(C)C. The fourth-order valence-electron chi connectivity index (χ4n) is 13.1. The average Bonchev–Trinajstić information content (AvgIpc) is 3.57. The van der Waals surface area contributed by atoms with Gasteiger partial charge in [-0.1, -0.05) is 79.1 Å². The average molecular weight is 753 g/mol. The van der Waals surface area contributed by atoms with E-state index in [1.54, 1.807) is 10.9 Å². The molecule has 2 bridgehead atoms. The third-order valence-electron chi connectivity index (χ3n) is 17.3. The molecule has 0 unspecified atom stereocenters. The number of aliphatic hydroxyl groups is 2. The number of nitrogens with one attached hydrogen (secondary N) is 2. The standard InChI is InChI=1S/C43H72N6O5/c1-25(2)27(5)38(8)19-20-40(10)30-14-15-34-39(9)23-53-28(6)43(34,31(30)16-18-41(40,11)35(38)33(52)17-21-50)22-32(49-47-37(46-48-49)45-29(7)51)36(39)54-24-42(12,44-13)26(3)4/h16-17,25-28,30,32,34-36,44,50,52H,14-15,18-24H2,1-13H3,(H,45,47,51)/b33-17-/t27-,28+,30+,32-,34+,35-,36+,38-,39-,40-,41+,42+,43+/m1/s1. The predicted octanol–water partition coefficient (Wildman–Crippen LogP) is 7.52. The van der Waals surface area contributed by atoms with Gasteiger partial charge in [-0.2, -0.15) is 4.80 Å². The summed E-state index contributed by atoms with van der Waals surface area (Å²) in [4.78, 5) is 13.8. The van der Waals surface area contributed by atoms with E-state index in [1.807, 2.05) is 7.05 Å². The fraction of sp³-hybridized carbons (Fsp3) is 0.860. The summed E-state index contributed by atoms with van der Waals surface area (Å²) in [5, 5.41) is 42.0. The van der Waals surface area contributed by atoms with E-state index >= 15 is 0 Å². The number of carbonyl (C=O) groups is 1. The lowest BCUT2D eigenvalue weighted by Gasteiger charge is -2.72. The summed E-state index contributed by atoms with van der Waals surface area (Å²) in [5.41, 5.74) is 0.180. The van der Waals surface area contributed by atoms with Gasteiger partial charge in [0, 0.05) is 29.2 Å². The maximum Gasteiger partial charge on any atom is 0.270 e. The Bertz CT molecular complexity index is 1630. The first-order valence-electron chi connectivity index (χ1n) is 20.9. The Morgan fingerprint density at radius 1 is 1.15 bits per heavy atom. The van der Waals surface area contributed by atoms with Crippen LogP contribution >= 0.6 is 0 Å². The topological polar surface area (TPSA) is 144 Å². The van der Waals surface area contributed by atoms with Gasteiger partial charge in [-0.3, -0.25) is 10.1 Å². The molecule has 3 saturated carbocycles. The maximum atomic E-state index is 12.0. The number of rotatable bonds is 11. The van der Waals surface area contributed by atoms with Crippen molar-refractivity contribution in [1.29, 1.82) is 0 Å². The number of hydrogen-bond acceptors (Lipinski definition) is 9. The lowest BCUT2D eigenvalue weighted by Crippen LogP contribution is -2.71. The minimum Gasteiger partial charge on any atom is -0.512 e. The van der Waals surface area contributed by atoms with Crippen molar-refractivity contribution in [1.82, 2.24) is 25.5 Å². The number of ether oxygens (including phenoxy) is 2. The van der Waals surface area contributed by atoms with Crippen molar-refractivity contribution in [3.8, 4) is 0 Å². The van der Waals surface area contributed by atoms with Crippen LogP contribution in [0.2, 0.25) is 0 Å². The Morgan fingerprint density at radius 3 is 2.46 bits per heavy atom. The molecule has 4 N–H and O–H groups in total. The van der Waals surface area contributed by atoms with Crippen LogP contribution in [0.25, 0.3) is 0 Å². The third kappa shape index (κ3) is 5.94. The lowest BCUT2D eigenvalue weighted by molar-refractivity contribution is -0.275. The van der Waals surface area contributed by atoms with E-state index < -0.39 is 0 Å². The molecule has 304 valence electrons. The molecule has 5 aliphatic rings. The third-order valence-corrected chi connectivity index (χ3v) is 17.3. The molecule has 1 aromatic rings. The molecular formula is C43H72N6O5. The molecule has 11 nitrogen and oxygen atoms in total. The molecule has 54 heavy (non-hydrogen) atoms. The molecule has 1 amide bonds. The van der Waals surface area contributed by atoms with Crippen molar-refractivity contribution >= 4 is 11.9 Å². The zero-order valence-corrected chi connectivity index (χ0v) is 35.6. The minimum atomic E-state index is -0.348. The van der Waals surface area contributed by atoms with Gasteiger partial charge >= 0.3 is 0 Å². The van der Waals surface area contributed by atoms with Crippen LogP contribution in [0.15, 0.2) is 23.5 Å².